The zero-order valence-electron chi connectivity index (χ0n) is 9.14. The molecular weight excluding hydrogens is 238 g/mol. The molecule has 1 aromatic rings. The quantitative estimate of drug-likeness (QED) is 0.779. The average Bonchev–Trinajstić information content (AvgIpc) is 2.29. The molecule has 0 bridgehead atoms. The number of carbonyl (C=O) groups excluding carboxylic acids is 1. The van der Waals surface area contributed by atoms with Gasteiger partial charge in [-0.2, -0.15) is 5.26 Å². The normalized spacial score (nSPS) is 11.1. The fraction of sp³-hybridized carbons (Fsp3) is 0.182. The number of nitriles is 1. The molecule has 0 heterocycles. The summed E-state index contributed by atoms with van der Waals surface area (Å²) >= 11 is 4.94. The number of carbonyl (C=O) groups is 1. The number of nitrogens with one attached hydrogen (secondary N) is 1. The molecule has 88 valence electrons. The molecule has 0 saturated heterocycles. The summed E-state index contributed by atoms with van der Waals surface area (Å²) in [6, 6.07) is 8.70. The first-order valence-corrected chi connectivity index (χ1v) is 5.13. The van der Waals surface area contributed by atoms with Crippen molar-refractivity contribution >= 4 is 28.8 Å². The molecule has 0 radical (unpaired) electrons. The minimum atomic E-state index is -1.13. The molecule has 6 heteroatoms. The van der Waals surface area contributed by atoms with Crippen LogP contribution >= 0.6 is 12.2 Å². The van der Waals surface area contributed by atoms with Gasteiger partial charge in [-0.05, 0) is 12.1 Å². The zero-order chi connectivity index (χ0) is 12.8. The van der Waals surface area contributed by atoms with Crippen LogP contribution < -0.4 is 15.8 Å². The number of anilines is 1. The lowest BCUT2D eigenvalue weighted by molar-refractivity contribution is -0.118. The number of benzene rings is 1. The van der Waals surface area contributed by atoms with E-state index in [1.165, 1.54) is 0 Å². The van der Waals surface area contributed by atoms with Crippen LogP contribution in [0.2, 0.25) is 0 Å². The summed E-state index contributed by atoms with van der Waals surface area (Å²) in [7, 11) is 1.54. The molecule has 0 aromatic heterocycles. The third kappa shape index (κ3) is 3.43. The van der Waals surface area contributed by atoms with Gasteiger partial charge in [0.05, 0.1) is 13.2 Å². The number of amides is 1. The molecule has 0 aliphatic rings. The maximum atomic E-state index is 10.9. The number of nitrogens with two attached hydrogens (primary N) is 1. The Morgan fingerprint density at radius 1 is 1.65 bits per heavy atom. The fourth-order valence-corrected chi connectivity index (χ4v) is 1.45. The molecule has 0 aliphatic carbocycles. The Bertz CT molecular complexity index is 482. The van der Waals surface area contributed by atoms with E-state index in [0.717, 1.165) is 0 Å². The highest BCUT2D eigenvalue weighted by Gasteiger charge is 2.20. The summed E-state index contributed by atoms with van der Waals surface area (Å²) in [6.07, 6.45) is 0. The minimum Gasteiger partial charge on any atom is -0.497 e. The van der Waals surface area contributed by atoms with Gasteiger partial charge in [0.1, 0.15) is 10.7 Å². The number of methoxy groups -OCH3 is 1. The van der Waals surface area contributed by atoms with Gasteiger partial charge in [-0.15, -0.1) is 0 Å². The molecule has 1 unspecified atom stereocenters. The molecule has 1 rings (SSSR count). The van der Waals surface area contributed by atoms with Gasteiger partial charge in [-0.25, -0.2) is 0 Å². The number of hydrogen-bond donors (Lipinski definition) is 2. The van der Waals surface area contributed by atoms with Crippen LogP contribution in [0.4, 0.5) is 5.69 Å². The van der Waals surface area contributed by atoms with E-state index in [9.17, 15) is 4.79 Å². The Morgan fingerprint density at radius 3 is 2.88 bits per heavy atom. The van der Waals surface area contributed by atoms with E-state index in [0.29, 0.717) is 11.4 Å². The largest absolute Gasteiger partial charge is 0.497 e. The number of rotatable bonds is 4. The molecule has 17 heavy (non-hydrogen) atoms. The molecule has 0 spiro atoms. The molecule has 1 aromatic carbocycles. The lowest BCUT2D eigenvalue weighted by Crippen LogP contribution is -2.32. The molecule has 5 nitrogen and oxygen atoms in total. The van der Waals surface area contributed by atoms with E-state index in [-0.39, 0.29) is 4.99 Å². The lowest BCUT2D eigenvalue weighted by Gasteiger charge is -2.11. The summed E-state index contributed by atoms with van der Waals surface area (Å²) in [6.45, 7) is 0. The fourth-order valence-electron chi connectivity index (χ4n) is 1.17. The van der Waals surface area contributed by atoms with Crippen LogP contribution in [0.25, 0.3) is 0 Å². The average molecular weight is 249 g/mol. The van der Waals surface area contributed by atoms with Crippen LogP contribution in [0.15, 0.2) is 24.3 Å². The van der Waals surface area contributed by atoms with Crippen LogP contribution in [0.3, 0.4) is 0 Å². The molecule has 0 fully saturated rings. The number of hydrogen-bond acceptors (Lipinski definition) is 4. The Hall–Kier alpha value is -2.13. The number of nitrogens with zero attached hydrogens (tertiary/aromatic N) is 1. The first-order valence-electron chi connectivity index (χ1n) is 4.72. The van der Waals surface area contributed by atoms with Crippen LogP contribution in [-0.2, 0) is 4.79 Å². The van der Waals surface area contributed by atoms with Crippen molar-refractivity contribution in [2.45, 2.75) is 0 Å². The van der Waals surface area contributed by atoms with Crippen LogP contribution in [0, 0.1) is 17.2 Å². The summed E-state index contributed by atoms with van der Waals surface area (Å²) in [5, 5.41) is 11.5. The predicted molar refractivity (Wildman–Crippen MR) is 67.5 cm³/mol. The predicted octanol–water partition coefficient (Wildman–Crippen LogP) is 1.06. The third-order valence-electron chi connectivity index (χ3n) is 2.01. The maximum absolute atomic E-state index is 10.9. The smallest absolute Gasteiger partial charge is 0.241 e. The van der Waals surface area contributed by atoms with Crippen molar-refractivity contribution in [1.82, 2.24) is 0 Å². The first-order chi connectivity index (χ1) is 8.08. The van der Waals surface area contributed by atoms with Crippen molar-refractivity contribution in [3.05, 3.63) is 24.3 Å². The number of thiocarbonyl (C=S) groups is 1. The van der Waals surface area contributed by atoms with Crippen LogP contribution in [0.1, 0.15) is 0 Å². The van der Waals surface area contributed by atoms with Gasteiger partial charge in [0, 0.05) is 11.8 Å². The van der Waals surface area contributed by atoms with Gasteiger partial charge in [0.15, 0.2) is 5.92 Å². The van der Waals surface area contributed by atoms with Crippen molar-refractivity contribution in [1.29, 1.82) is 5.26 Å². The Morgan fingerprint density at radius 2 is 2.35 bits per heavy atom. The van der Waals surface area contributed by atoms with E-state index in [1.807, 2.05) is 0 Å². The molecule has 1 atom stereocenters. The summed E-state index contributed by atoms with van der Waals surface area (Å²) in [5.74, 6) is -1.26. The summed E-state index contributed by atoms with van der Waals surface area (Å²) < 4.78 is 5.03. The molecular formula is C11H11N3O2S. The second kappa shape index (κ2) is 5.82. The van der Waals surface area contributed by atoms with Gasteiger partial charge in [0.25, 0.3) is 0 Å². The topological polar surface area (TPSA) is 88.1 Å². The van der Waals surface area contributed by atoms with Crippen molar-refractivity contribution in [3.8, 4) is 11.8 Å². The first kappa shape index (κ1) is 12.9. The van der Waals surface area contributed by atoms with Gasteiger partial charge in [0.2, 0.25) is 5.91 Å². The van der Waals surface area contributed by atoms with E-state index >= 15 is 0 Å². The number of ether oxygens (including phenoxy) is 1. The van der Waals surface area contributed by atoms with E-state index in [1.54, 1.807) is 37.4 Å². The molecule has 0 aliphatic heterocycles. The standard InChI is InChI=1S/C11H11N3O2S/c1-16-8-4-2-3-7(5-8)14-11(17)9(6-12)10(13)15/h2-5,9H,1H3,(H2,13,15)(H,14,17). The van der Waals surface area contributed by atoms with E-state index in [2.05, 4.69) is 5.32 Å². The second-order valence-corrected chi connectivity index (χ2v) is 3.63. The molecule has 1 amide bonds. The molecule has 0 saturated carbocycles. The van der Waals surface area contributed by atoms with Crippen molar-refractivity contribution in [2.24, 2.45) is 11.7 Å². The maximum Gasteiger partial charge on any atom is 0.241 e. The van der Waals surface area contributed by atoms with Crippen molar-refractivity contribution in [3.63, 3.8) is 0 Å². The van der Waals surface area contributed by atoms with E-state index in [4.69, 9.17) is 28.0 Å². The Kier molecular flexibility index (Phi) is 4.43. The van der Waals surface area contributed by atoms with Gasteiger partial charge >= 0.3 is 0 Å². The zero-order valence-corrected chi connectivity index (χ0v) is 9.95. The third-order valence-corrected chi connectivity index (χ3v) is 2.35. The van der Waals surface area contributed by atoms with Crippen molar-refractivity contribution < 1.29 is 9.53 Å². The number of primary amides is 1. The lowest BCUT2D eigenvalue weighted by atomic mass is 10.1. The van der Waals surface area contributed by atoms with Crippen molar-refractivity contribution in [2.75, 3.05) is 12.4 Å². The van der Waals surface area contributed by atoms with Gasteiger partial charge < -0.3 is 15.8 Å². The summed E-state index contributed by atoms with van der Waals surface area (Å²) in [5.41, 5.74) is 5.68. The summed E-state index contributed by atoms with van der Waals surface area (Å²) in [4.78, 5) is 11.0. The Balaban J connectivity index is 2.80. The van der Waals surface area contributed by atoms with Crippen LogP contribution in [0.5, 0.6) is 5.75 Å². The highest BCUT2D eigenvalue weighted by Crippen LogP contribution is 2.17. The van der Waals surface area contributed by atoms with Gasteiger partial charge in [-0.1, -0.05) is 18.3 Å². The second-order valence-electron chi connectivity index (χ2n) is 3.19. The highest BCUT2D eigenvalue weighted by atomic mass is 32.1. The minimum absolute atomic E-state index is 0.0771. The highest BCUT2D eigenvalue weighted by molar-refractivity contribution is 7.80. The monoisotopic (exact) mass is 249 g/mol. The van der Waals surface area contributed by atoms with Crippen LogP contribution in [-0.4, -0.2) is 18.0 Å². The van der Waals surface area contributed by atoms with Gasteiger partial charge in [-0.3, -0.25) is 4.79 Å². The molecule has 3 N–H and O–H groups in total. The SMILES string of the molecule is COc1cccc(NC(=S)C(C#N)C(N)=O)c1. The van der Waals surface area contributed by atoms with E-state index < -0.39 is 11.8 Å². The Labute approximate surface area is 104 Å².